The third-order valence-corrected chi connectivity index (χ3v) is 0.949. The normalized spacial score (nSPS) is 9.11. The summed E-state index contributed by atoms with van der Waals surface area (Å²) >= 11 is 5.40. The van der Waals surface area contributed by atoms with E-state index in [0.29, 0.717) is 5.82 Å². The first-order valence-electron chi connectivity index (χ1n) is 2.36. The topological polar surface area (TPSA) is 50.7 Å². The zero-order valence-corrected chi connectivity index (χ0v) is 5.55. The third kappa shape index (κ3) is 1.50. The van der Waals surface area contributed by atoms with Gasteiger partial charge in [-0.1, -0.05) is 0 Å². The zero-order valence-electron chi connectivity index (χ0n) is 4.80. The molecule has 0 unspecified atom stereocenters. The maximum absolute atomic E-state index is 5.40. The summed E-state index contributed by atoms with van der Waals surface area (Å²) in [6, 6.07) is 0. The maximum atomic E-state index is 5.40. The molecule has 0 saturated carbocycles. The van der Waals surface area contributed by atoms with Crippen LogP contribution in [0, 0.1) is 0 Å². The second kappa shape index (κ2) is 2.59. The van der Waals surface area contributed by atoms with Crippen LogP contribution in [0.1, 0.15) is 0 Å². The molecule has 9 heavy (non-hydrogen) atoms. The fourth-order valence-electron chi connectivity index (χ4n) is 0.402. The van der Waals surface area contributed by atoms with Crippen LogP contribution in [-0.4, -0.2) is 22.2 Å². The van der Waals surface area contributed by atoms with Gasteiger partial charge in [-0.2, -0.15) is 10.1 Å². The standard InChI is InChI=1S/C4H5ClN4/c1-6-3-2-7-9-4(5)8-3/h2H,1H3,(H,6,8,9). The van der Waals surface area contributed by atoms with Crippen LogP contribution >= 0.6 is 11.6 Å². The van der Waals surface area contributed by atoms with E-state index in [0.717, 1.165) is 0 Å². The Morgan fingerprint density at radius 3 is 2.89 bits per heavy atom. The second-order valence-corrected chi connectivity index (χ2v) is 1.70. The number of halogens is 1. The van der Waals surface area contributed by atoms with E-state index in [4.69, 9.17) is 11.6 Å². The highest BCUT2D eigenvalue weighted by Gasteiger charge is 1.91. The van der Waals surface area contributed by atoms with Crippen LogP contribution in [0.5, 0.6) is 0 Å². The lowest BCUT2D eigenvalue weighted by molar-refractivity contribution is 0.971. The summed E-state index contributed by atoms with van der Waals surface area (Å²) in [5.41, 5.74) is 0. The lowest BCUT2D eigenvalue weighted by atomic mass is 10.7. The highest BCUT2D eigenvalue weighted by Crippen LogP contribution is 2.01. The van der Waals surface area contributed by atoms with Crippen molar-refractivity contribution in [3.63, 3.8) is 0 Å². The van der Waals surface area contributed by atoms with Crippen LogP contribution in [0.4, 0.5) is 5.82 Å². The summed E-state index contributed by atoms with van der Waals surface area (Å²) in [6.07, 6.45) is 1.49. The number of aromatic nitrogens is 3. The summed E-state index contributed by atoms with van der Waals surface area (Å²) in [7, 11) is 1.74. The maximum Gasteiger partial charge on any atom is 0.244 e. The summed E-state index contributed by atoms with van der Waals surface area (Å²) in [5, 5.41) is 9.92. The van der Waals surface area contributed by atoms with Gasteiger partial charge in [0.1, 0.15) is 5.82 Å². The fourth-order valence-corrected chi connectivity index (χ4v) is 0.537. The molecule has 0 bridgehead atoms. The van der Waals surface area contributed by atoms with Gasteiger partial charge in [0.15, 0.2) is 0 Å². The van der Waals surface area contributed by atoms with E-state index in [2.05, 4.69) is 20.5 Å². The molecule has 4 nitrogen and oxygen atoms in total. The molecule has 1 aromatic rings. The number of rotatable bonds is 1. The van der Waals surface area contributed by atoms with Crippen molar-refractivity contribution in [3.05, 3.63) is 11.5 Å². The van der Waals surface area contributed by atoms with Gasteiger partial charge >= 0.3 is 0 Å². The first kappa shape index (κ1) is 6.22. The Hall–Kier alpha value is -0.900. The van der Waals surface area contributed by atoms with Crippen molar-refractivity contribution in [2.75, 3.05) is 12.4 Å². The van der Waals surface area contributed by atoms with Gasteiger partial charge in [0.05, 0.1) is 6.20 Å². The minimum atomic E-state index is 0.154. The van der Waals surface area contributed by atoms with Gasteiger partial charge in [0.25, 0.3) is 0 Å². The van der Waals surface area contributed by atoms with Crippen LogP contribution in [0.2, 0.25) is 5.28 Å². The smallest absolute Gasteiger partial charge is 0.244 e. The van der Waals surface area contributed by atoms with E-state index in [1.807, 2.05) is 0 Å². The summed E-state index contributed by atoms with van der Waals surface area (Å²) < 4.78 is 0. The number of hydrogen-bond acceptors (Lipinski definition) is 4. The van der Waals surface area contributed by atoms with E-state index in [1.54, 1.807) is 7.05 Å². The Kier molecular flexibility index (Phi) is 1.79. The molecular weight excluding hydrogens is 140 g/mol. The Morgan fingerprint density at radius 2 is 2.44 bits per heavy atom. The Morgan fingerprint density at radius 1 is 1.67 bits per heavy atom. The molecule has 1 N–H and O–H groups in total. The second-order valence-electron chi connectivity index (χ2n) is 1.36. The van der Waals surface area contributed by atoms with Gasteiger partial charge in [-0.25, -0.2) is 0 Å². The minimum Gasteiger partial charge on any atom is -0.372 e. The summed E-state index contributed by atoms with van der Waals surface area (Å²) in [5.74, 6) is 0.620. The van der Waals surface area contributed by atoms with Gasteiger partial charge in [-0.05, 0) is 11.6 Å². The van der Waals surface area contributed by atoms with Gasteiger partial charge < -0.3 is 5.32 Å². The molecule has 0 aliphatic rings. The lowest BCUT2D eigenvalue weighted by Crippen LogP contribution is -1.94. The molecule has 0 spiro atoms. The number of hydrogen-bond donors (Lipinski definition) is 1. The largest absolute Gasteiger partial charge is 0.372 e. The Bertz CT molecular complexity index is 202. The Balaban J connectivity index is 2.94. The lowest BCUT2D eigenvalue weighted by Gasteiger charge is -1.93. The van der Waals surface area contributed by atoms with Crippen molar-refractivity contribution < 1.29 is 0 Å². The first-order valence-corrected chi connectivity index (χ1v) is 2.73. The molecule has 1 heterocycles. The van der Waals surface area contributed by atoms with Crippen LogP contribution in [-0.2, 0) is 0 Å². The molecule has 0 aliphatic heterocycles. The minimum absolute atomic E-state index is 0.154. The van der Waals surface area contributed by atoms with Crippen LogP contribution < -0.4 is 5.32 Å². The molecule has 1 aromatic heterocycles. The summed E-state index contributed by atoms with van der Waals surface area (Å²) in [6.45, 7) is 0. The Labute approximate surface area is 57.3 Å². The average Bonchev–Trinajstić information content (AvgIpc) is 1.88. The molecule has 5 heteroatoms. The molecule has 0 aromatic carbocycles. The molecule has 0 saturated heterocycles. The summed E-state index contributed by atoms with van der Waals surface area (Å²) in [4.78, 5) is 3.77. The van der Waals surface area contributed by atoms with E-state index in [9.17, 15) is 0 Å². The van der Waals surface area contributed by atoms with Gasteiger partial charge in [0.2, 0.25) is 5.28 Å². The molecule has 0 fully saturated rings. The van der Waals surface area contributed by atoms with Crippen LogP contribution in [0.15, 0.2) is 6.20 Å². The molecule has 1 rings (SSSR count). The third-order valence-electron chi connectivity index (χ3n) is 0.789. The molecule has 0 amide bonds. The van der Waals surface area contributed by atoms with Gasteiger partial charge in [-0.3, -0.25) is 0 Å². The highest BCUT2D eigenvalue weighted by atomic mass is 35.5. The quantitative estimate of drug-likeness (QED) is 0.626. The number of anilines is 1. The first-order chi connectivity index (χ1) is 4.33. The molecule has 0 radical (unpaired) electrons. The van der Waals surface area contributed by atoms with Crippen molar-refractivity contribution in [2.45, 2.75) is 0 Å². The van der Waals surface area contributed by atoms with Crippen molar-refractivity contribution in [2.24, 2.45) is 0 Å². The van der Waals surface area contributed by atoms with E-state index < -0.39 is 0 Å². The fraction of sp³-hybridized carbons (Fsp3) is 0.250. The van der Waals surface area contributed by atoms with Crippen molar-refractivity contribution in [3.8, 4) is 0 Å². The zero-order chi connectivity index (χ0) is 6.69. The average molecular weight is 145 g/mol. The predicted octanol–water partition coefficient (Wildman–Crippen LogP) is 0.567. The van der Waals surface area contributed by atoms with Crippen LogP contribution in [0.25, 0.3) is 0 Å². The number of nitrogens with one attached hydrogen (secondary N) is 1. The van der Waals surface area contributed by atoms with E-state index in [-0.39, 0.29) is 5.28 Å². The van der Waals surface area contributed by atoms with E-state index in [1.165, 1.54) is 6.20 Å². The van der Waals surface area contributed by atoms with Crippen LogP contribution in [0.3, 0.4) is 0 Å². The van der Waals surface area contributed by atoms with E-state index >= 15 is 0 Å². The number of nitrogens with zero attached hydrogens (tertiary/aromatic N) is 3. The van der Waals surface area contributed by atoms with Crippen molar-refractivity contribution in [1.82, 2.24) is 15.2 Å². The van der Waals surface area contributed by atoms with Crippen molar-refractivity contribution in [1.29, 1.82) is 0 Å². The molecule has 0 aliphatic carbocycles. The molecule has 48 valence electrons. The molecule has 0 atom stereocenters. The van der Waals surface area contributed by atoms with Gasteiger partial charge in [0, 0.05) is 7.05 Å². The van der Waals surface area contributed by atoms with Crippen molar-refractivity contribution >= 4 is 17.4 Å². The predicted molar refractivity (Wildman–Crippen MR) is 34.4 cm³/mol. The SMILES string of the molecule is CNc1cnnc(Cl)n1. The monoisotopic (exact) mass is 144 g/mol. The van der Waals surface area contributed by atoms with Gasteiger partial charge in [-0.15, -0.1) is 5.10 Å². The highest BCUT2D eigenvalue weighted by molar-refractivity contribution is 6.28. The molecular formula is C4H5ClN4.